The minimum Gasteiger partial charge on any atom is -0.432 e. The molecule has 0 radical (unpaired) electrons. The summed E-state index contributed by atoms with van der Waals surface area (Å²) in [6, 6.07) is 0.705. The van der Waals surface area contributed by atoms with Gasteiger partial charge < -0.3 is 14.6 Å². The monoisotopic (exact) mass is 211 g/mol. The highest BCUT2D eigenvalue weighted by Crippen LogP contribution is 2.13. The summed E-state index contributed by atoms with van der Waals surface area (Å²) in [6.45, 7) is 9.12. The maximum absolute atomic E-state index is 5.40. The molecule has 15 heavy (non-hydrogen) atoms. The van der Waals surface area contributed by atoms with E-state index in [0.29, 0.717) is 11.9 Å². The van der Waals surface area contributed by atoms with Crippen molar-refractivity contribution in [2.24, 2.45) is 5.92 Å². The van der Waals surface area contributed by atoms with Gasteiger partial charge in [0, 0.05) is 20.1 Å². The molecule has 4 nitrogen and oxygen atoms in total. The molecule has 0 saturated carbocycles. The molecule has 0 saturated heterocycles. The predicted octanol–water partition coefficient (Wildman–Crippen LogP) is 1.88. The van der Waals surface area contributed by atoms with Crippen LogP contribution in [0.2, 0.25) is 0 Å². The lowest BCUT2D eigenvalue weighted by atomic mass is 10.2. The lowest BCUT2D eigenvalue weighted by Gasteiger charge is -2.16. The van der Waals surface area contributed by atoms with Crippen LogP contribution in [0.1, 0.15) is 26.5 Å². The van der Waals surface area contributed by atoms with E-state index in [0.717, 1.165) is 25.3 Å². The highest BCUT2D eigenvalue weighted by molar-refractivity contribution is 5.25. The second-order valence-corrected chi connectivity index (χ2v) is 4.18. The number of aromatic nitrogens is 1. The molecule has 0 spiro atoms. The summed E-state index contributed by atoms with van der Waals surface area (Å²) < 4.78 is 5.40. The first kappa shape index (κ1) is 12.0. The van der Waals surface area contributed by atoms with Gasteiger partial charge in [-0.05, 0) is 12.5 Å². The standard InChI is InChI=1S/C11H21N3O/c1-5-12-6-10-8-15-11(13-10)14(4)7-9(2)3/h8-9,12H,5-7H2,1-4H3. The lowest BCUT2D eigenvalue weighted by Crippen LogP contribution is -2.22. The molecule has 0 bridgehead atoms. The Morgan fingerprint density at radius 2 is 2.27 bits per heavy atom. The van der Waals surface area contributed by atoms with Crippen LogP contribution in [0.3, 0.4) is 0 Å². The zero-order valence-corrected chi connectivity index (χ0v) is 10.1. The summed E-state index contributed by atoms with van der Waals surface area (Å²) in [5.74, 6) is 0.610. The Morgan fingerprint density at radius 3 is 2.87 bits per heavy atom. The van der Waals surface area contributed by atoms with E-state index in [1.54, 1.807) is 6.26 Å². The van der Waals surface area contributed by atoms with Crippen molar-refractivity contribution in [1.82, 2.24) is 10.3 Å². The Kier molecular flexibility index (Phi) is 4.62. The van der Waals surface area contributed by atoms with Crippen molar-refractivity contribution < 1.29 is 4.42 Å². The Hall–Kier alpha value is -1.03. The quantitative estimate of drug-likeness (QED) is 0.780. The van der Waals surface area contributed by atoms with E-state index in [2.05, 4.69) is 31.1 Å². The number of nitrogens with one attached hydrogen (secondary N) is 1. The molecule has 1 aromatic heterocycles. The lowest BCUT2D eigenvalue weighted by molar-refractivity contribution is 0.523. The number of nitrogens with zero attached hydrogens (tertiary/aromatic N) is 2. The zero-order valence-electron chi connectivity index (χ0n) is 10.1. The van der Waals surface area contributed by atoms with Crippen molar-refractivity contribution in [3.63, 3.8) is 0 Å². The maximum Gasteiger partial charge on any atom is 0.297 e. The molecular weight excluding hydrogens is 190 g/mol. The molecule has 0 fully saturated rings. The van der Waals surface area contributed by atoms with Crippen molar-refractivity contribution in [1.29, 1.82) is 0 Å². The number of anilines is 1. The molecule has 0 unspecified atom stereocenters. The number of hydrogen-bond acceptors (Lipinski definition) is 4. The highest BCUT2D eigenvalue weighted by atomic mass is 16.4. The Morgan fingerprint density at radius 1 is 1.53 bits per heavy atom. The van der Waals surface area contributed by atoms with E-state index in [1.165, 1.54) is 0 Å². The SMILES string of the molecule is CCNCc1coc(N(C)CC(C)C)n1. The molecule has 1 aromatic rings. The third-order valence-corrected chi connectivity index (χ3v) is 2.06. The van der Waals surface area contributed by atoms with E-state index in [1.807, 2.05) is 11.9 Å². The van der Waals surface area contributed by atoms with Gasteiger partial charge >= 0.3 is 0 Å². The van der Waals surface area contributed by atoms with Gasteiger partial charge in [-0.25, -0.2) is 0 Å². The Bertz CT molecular complexity index is 283. The summed E-state index contributed by atoms with van der Waals surface area (Å²) in [5, 5.41) is 3.22. The van der Waals surface area contributed by atoms with Crippen LogP contribution in [-0.2, 0) is 6.54 Å². The molecule has 0 atom stereocenters. The van der Waals surface area contributed by atoms with Crippen LogP contribution in [0.15, 0.2) is 10.7 Å². The van der Waals surface area contributed by atoms with E-state index < -0.39 is 0 Å². The summed E-state index contributed by atoms with van der Waals surface area (Å²) >= 11 is 0. The Balaban J connectivity index is 2.51. The second-order valence-electron chi connectivity index (χ2n) is 4.18. The van der Waals surface area contributed by atoms with E-state index in [9.17, 15) is 0 Å². The van der Waals surface area contributed by atoms with Crippen molar-refractivity contribution in [2.75, 3.05) is 25.0 Å². The van der Waals surface area contributed by atoms with Crippen LogP contribution in [0.25, 0.3) is 0 Å². The fourth-order valence-electron chi connectivity index (χ4n) is 1.43. The summed E-state index contributed by atoms with van der Waals surface area (Å²) in [4.78, 5) is 6.44. The van der Waals surface area contributed by atoms with Gasteiger partial charge in [0.05, 0.1) is 5.69 Å². The van der Waals surface area contributed by atoms with Gasteiger partial charge in [-0.1, -0.05) is 20.8 Å². The van der Waals surface area contributed by atoms with Crippen LogP contribution in [-0.4, -0.2) is 25.1 Å². The normalized spacial score (nSPS) is 11.0. The minimum absolute atomic E-state index is 0.610. The summed E-state index contributed by atoms with van der Waals surface area (Å²) in [6.07, 6.45) is 1.72. The van der Waals surface area contributed by atoms with Crippen molar-refractivity contribution in [3.8, 4) is 0 Å². The third kappa shape index (κ3) is 3.91. The maximum atomic E-state index is 5.40. The van der Waals surface area contributed by atoms with Crippen LogP contribution < -0.4 is 10.2 Å². The van der Waals surface area contributed by atoms with E-state index >= 15 is 0 Å². The van der Waals surface area contributed by atoms with Crippen molar-refractivity contribution >= 4 is 6.01 Å². The first-order valence-corrected chi connectivity index (χ1v) is 5.49. The number of rotatable bonds is 6. The molecule has 1 rings (SSSR count). The fraction of sp³-hybridized carbons (Fsp3) is 0.727. The molecule has 0 aromatic carbocycles. The van der Waals surface area contributed by atoms with Gasteiger partial charge in [0.2, 0.25) is 0 Å². The van der Waals surface area contributed by atoms with Crippen molar-refractivity contribution in [3.05, 3.63) is 12.0 Å². The summed E-state index contributed by atoms with van der Waals surface area (Å²) in [5.41, 5.74) is 0.961. The molecule has 1 heterocycles. The topological polar surface area (TPSA) is 41.3 Å². The molecular formula is C11H21N3O. The van der Waals surface area contributed by atoms with Gasteiger partial charge in [-0.2, -0.15) is 4.98 Å². The van der Waals surface area contributed by atoms with Crippen molar-refractivity contribution in [2.45, 2.75) is 27.3 Å². The van der Waals surface area contributed by atoms with Gasteiger partial charge in [0.1, 0.15) is 6.26 Å². The van der Waals surface area contributed by atoms with E-state index in [4.69, 9.17) is 4.42 Å². The first-order chi connectivity index (χ1) is 7.13. The van der Waals surface area contributed by atoms with Gasteiger partial charge in [0.15, 0.2) is 0 Å². The molecule has 1 N–H and O–H groups in total. The van der Waals surface area contributed by atoms with Crippen LogP contribution in [0.4, 0.5) is 6.01 Å². The van der Waals surface area contributed by atoms with Crippen LogP contribution in [0, 0.1) is 5.92 Å². The van der Waals surface area contributed by atoms with Gasteiger partial charge in [-0.3, -0.25) is 0 Å². The fourth-order valence-corrected chi connectivity index (χ4v) is 1.43. The van der Waals surface area contributed by atoms with Crippen LogP contribution in [0.5, 0.6) is 0 Å². The third-order valence-electron chi connectivity index (χ3n) is 2.06. The van der Waals surface area contributed by atoms with E-state index in [-0.39, 0.29) is 0 Å². The molecule has 0 aliphatic rings. The molecule has 0 aliphatic carbocycles. The average molecular weight is 211 g/mol. The second kappa shape index (κ2) is 5.75. The minimum atomic E-state index is 0.610. The number of hydrogen-bond donors (Lipinski definition) is 1. The van der Waals surface area contributed by atoms with Gasteiger partial charge in [0.25, 0.3) is 6.01 Å². The van der Waals surface area contributed by atoms with Crippen LogP contribution >= 0.6 is 0 Å². The molecule has 4 heteroatoms. The molecule has 86 valence electrons. The average Bonchev–Trinajstić information content (AvgIpc) is 2.62. The zero-order chi connectivity index (χ0) is 11.3. The smallest absolute Gasteiger partial charge is 0.297 e. The first-order valence-electron chi connectivity index (χ1n) is 5.49. The predicted molar refractivity (Wildman–Crippen MR) is 62.0 cm³/mol. The number of oxazole rings is 1. The highest BCUT2D eigenvalue weighted by Gasteiger charge is 2.09. The van der Waals surface area contributed by atoms with Gasteiger partial charge in [-0.15, -0.1) is 0 Å². The molecule has 0 aliphatic heterocycles. The largest absolute Gasteiger partial charge is 0.432 e. The summed E-state index contributed by atoms with van der Waals surface area (Å²) in [7, 11) is 2.00. The Labute approximate surface area is 91.7 Å². The molecule has 0 amide bonds.